The molecular weight excluding hydrogens is 401 g/mol. The summed E-state index contributed by atoms with van der Waals surface area (Å²) in [6.45, 7) is 4.06. The molecule has 2 aliphatic rings. The van der Waals surface area contributed by atoms with Crippen LogP contribution in [0, 0.1) is 0 Å². The Labute approximate surface area is 169 Å². The molecule has 2 aliphatic heterocycles. The van der Waals surface area contributed by atoms with Crippen LogP contribution in [0.3, 0.4) is 0 Å². The third-order valence-electron chi connectivity index (χ3n) is 4.52. The summed E-state index contributed by atoms with van der Waals surface area (Å²) in [5, 5.41) is 3.92. The van der Waals surface area contributed by atoms with Crippen molar-refractivity contribution in [2.45, 2.75) is 12.5 Å². The van der Waals surface area contributed by atoms with Gasteiger partial charge in [-0.25, -0.2) is 0 Å². The normalized spacial score (nSPS) is 20.5. The zero-order valence-electron chi connectivity index (χ0n) is 14.2. The van der Waals surface area contributed by atoms with Gasteiger partial charge in [-0.3, -0.25) is 9.59 Å². The summed E-state index contributed by atoms with van der Waals surface area (Å²) in [5.74, 6) is -0.0576. The maximum atomic E-state index is 12.6. The largest absolute Gasteiger partial charge is 0.378 e. The second kappa shape index (κ2) is 9.76. The zero-order valence-corrected chi connectivity index (χ0v) is 16.6. The van der Waals surface area contributed by atoms with E-state index >= 15 is 0 Å². The molecule has 1 N–H and O–H groups in total. The average Bonchev–Trinajstić information content (AvgIpc) is 2.64. The van der Waals surface area contributed by atoms with E-state index < -0.39 is 0 Å². The van der Waals surface area contributed by atoms with Crippen molar-refractivity contribution in [1.29, 1.82) is 0 Å². The van der Waals surface area contributed by atoms with E-state index in [9.17, 15) is 9.59 Å². The molecule has 3 rings (SSSR count). The molecule has 0 radical (unpaired) electrons. The number of ether oxygens (including phenoxy) is 1. The first-order chi connectivity index (χ1) is 12.1. The van der Waals surface area contributed by atoms with Gasteiger partial charge in [0.05, 0.1) is 28.8 Å². The van der Waals surface area contributed by atoms with Crippen LogP contribution >= 0.6 is 35.6 Å². The van der Waals surface area contributed by atoms with Gasteiger partial charge in [0.1, 0.15) is 0 Å². The van der Waals surface area contributed by atoms with E-state index in [0.29, 0.717) is 56.4 Å². The summed E-state index contributed by atoms with van der Waals surface area (Å²) in [5.41, 5.74) is 0.400. The van der Waals surface area contributed by atoms with Gasteiger partial charge in [0.2, 0.25) is 5.91 Å². The maximum Gasteiger partial charge on any atom is 0.255 e. The Hall–Kier alpha value is -1.05. The molecule has 0 spiro atoms. The lowest BCUT2D eigenvalue weighted by Crippen LogP contribution is -2.52. The molecule has 9 heteroatoms. The van der Waals surface area contributed by atoms with Crippen LogP contribution in [-0.2, 0) is 9.53 Å². The van der Waals surface area contributed by atoms with Gasteiger partial charge in [-0.15, -0.1) is 12.4 Å². The van der Waals surface area contributed by atoms with E-state index in [4.69, 9.17) is 27.9 Å². The lowest BCUT2D eigenvalue weighted by Gasteiger charge is -2.36. The highest BCUT2D eigenvalue weighted by molar-refractivity contribution is 6.43. The molecule has 144 valence electrons. The van der Waals surface area contributed by atoms with Crippen molar-refractivity contribution in [3.63, 3.8) is 0 Å². The van der Waals surface area contributed by atoms with Gasteiger partial charge in [-0.05, 0) is 12.1 Å². The second-order valence-corrected chi connectivity index (χ2v) is 6.99. The minimum atomic E-state index is -0.151. The van der Waals surface area contributed by atoms with Crippen LogP contribution in [0.1, 0.15) is 16.8 Å². The first-order valence-electron chi connectivity index (χ1n) is 8.38. The summed E-state index contributed by atoms with van der Waals surface area (Å²) in [6.07, 6.45) is 0.425. The molecule has 1 aromatic rings. The SMILES string of the molecule is Cl.O=C(CC1COCCN1)N1CCN(C(=O)c2cccc(Cl)c2Cl)CC1. The van der Waals surface area contributed by atoms with Crippen molar-refractivity contribution in [2.24, 2.45) is 0 Å². The van der Waals surface area contributed by atoms with Crippen LogP contribution in [-0.4, -0.2) is 73.6 Å². The minimum absolute atomic E-state index is 0. The molecule has 2 amide bonds. The number of carbonyl (C=O) groups excluding carboxylic acids is 2. The third kappa shape index (κ3) is 5.02. The molecule has 26 heavy (non-hydrogen) atoms. The Bertz CT molecular complexity index is 645. The van der Waals surface area contributed by atoms with Gasteiger partial charge in [0.25, 0.3) is 5.91 Å². The van der Waals surface area contributed by atoms with Crippen molar-refractivity contribution in [2.75, 3.05) is 45.9 Å². The Kier molecular flexibility index (Phi) is 7.98. The number of hydrogen-bond acceptors (Lipinski definition) is 4. The fourth-order valence-electron chi connectivity index (χ4n) is 3.09. The van der Waals surface area contributed by atoms with Crippen molar-refractivity contribution < 1.29 is 14.3 Å². The second-order valence-electron chi connectivity index (χ2n) is 6.20. The summed E-state index contributed by atoms with van der Waals surface area (Å²) < 4.78 is 5.38. The first-order valence-corrected chi connectivity index (χ1v) is 9.14. The number of benzene rings is 1. The molecule has 2 saturated heterocycles. The van der Waals surface area contributed by atoms with Gasteiger partial charge in [0, 0.05) is 45.2 Å². The van der Waals surface area contributed by atoms with E-state index in [0.717, 1.165) is 6.54 Å². The van der Waals surface area contributed by atoms with Gasteiger partial charge in [-0.1, -0.05) is 29.3 Å². The number of piperazine rings is 1. The topological polar surface area (TPSA) is 61.9 Å². The molecule has 0 saturated carbocycles. The predicted octanol–water partition coefficient (Wildman–Crippen LogP) is 2.08. The summed E-state index contributed by atoms with van der Waals surface area (Å²) in [4.78, 5) is 28.5. The summed E-state index contributed by atoms with van der Waals surface area (Å²) >= 11 is 12.1. The van der Waals surface area contributed by atoms with Crippen LogP contribution in [0.5, 0.6) is 0 Å². The molecule has 6 nitrogen and oxygen atoms in total. The molecule has 2 fully saturated rings. The number of nitrogens with zero attached hydrogens (tertiary/aromatic N) is 2. The van der Waals surface area contributed by atoms with Crippen molar-refractivity contribution in [1.82, 2.24) is 15.1 Å². The Morgan fingerprint density at radius 3 is 2.50 bits per heavy atom. The molecule has 1 atom stereocenters. The van der Waals surface area contributed by atoms with Crippen molar-refractivity contribution in [3.05, 3.63) is 33.8 Å². The monoisotopic (exact) mass is 421 g/mol. The number of morpholine rings is 1. The molecule has 0 aromatic heterocycles. The standard InChI is InChI=1S/C17H21Cl2N3O3.ClH/c18-14-3-1-2-13(16(14)19)17(24)22-7-5-21(6-8-22)15(23)10-12-11-25-9-4-20-12;/h1-3,12,20H,4-11H2;1H. The van der Waals surface area contributed by atoms with Gasteiger partial charge in [0.15, 0.2) is 0 Å². The van der Waals surface area contributed by atoms with E-state index in [1.54, 1.807) is 28.0 Å². The molecule has 0 aliphatic carbocycles. The fourth-order valence-corrected chi connectivity index (χ4v) is 3.47. The van der Waals surface area contributed by atoms with E-state index in [1.807, 2.05) is 0 Å². The number of halogens is 3. The van der Waals surface area contributed by atoms with Crippen LogP contribution in [0.4, 0.5) is 0 Å². The molecule has 1 aromatic carbocycles. The van der Waals surface area contributed by atoms with Crippen molar-refractivity contribution in [3.8, 4) is 0 Å². The van der Waals surface area contributed by atoms with Gasteiger partial charge >= 0.3 is 0 Å². The number of nitrogens with one attached hydrogen (secondary N) is 1. The summed E-state index contributed by atoms with van der Waals surface area (Å²) in [7, 11) is 0. The van der Waals surface area contributed by atoms with E-state index in [1.165, 1.54) is 0 Å². The lowest BCUT2D eigenvalue weighted by molar-refractivity contribution is -0.133. The van der Waals surface area contributed by atoms with Gasteiger partial charge < -0.3 is 19.9 Å². The van der Waals surface area contributed by atoms with Crippen molar-refractivity contribution >= 4 is 47.4 Å². The first kappa shape index (κ1) is 21.3. The van der Waals surface area contributed by atoms with Crippen LogP contribution in [0.15, 0.2) is 18.2 Å². The quantitative estimate of drug-likeness (QED) is 0.810. The molecule has 0 bridgehead atoms. The Morgan fingerprint density at radius 1 is 1.15 bits per heavy atom. The minimum Gasteiger partial charge on any atom is -0.378 e. The molecule has 2 heterocycles. The van der Waals surface area contributed by atoms with E-state index in [2.05, 4.69) is 5.32 Å². The van der Waals surface area contributed by atoms with Crippen LogP contribution in [0.2, 0.25) is 10.0 Å². The number of hydrogen-bond donors (Lipinski definition) is 1. The number of amides is 2. The van der Waals surface area contributed by atoms with Gasteiger partial charge in [-0.2, -0.15) is 0 Å². The maximum absolute atomic E-state index is 12.6. The lowest BCUT2D eigenvalue weighted by atomic mass is 10.1. The zero-order chi connectivity index (χ0) is 17.8. The third-order valence-corrected chi connectivity index (χ3v) is 5.34. The Morgan fingerprint density at radius 2 is 1.85 bits per heavy atom. The summed E-state index contributed by atoms with van der Waals surface area (Å²) in [6, 6.07) is 5.11. The number of rotatable bonds is 3. The Balaban J connectivity index is 0.00000243. The smallest absolute Gasteiger partial charge is 0.255 e. The highest BCUT2D eigenvalue weighted by Crippen LogP contribution is 2.26. The fraction of sp³-hybridized carbons (Fsp3) is 0.529. The van der Waals surface area contributed by atoms with Crippen LogP contribution < -0.4 is 5.32 Å². The predicted molar refractivity (Wildman–Crippen MR) is 103 cm³/mol. The van der Waals surface area contributed by atoms with E-state index in [-0.39, 0.29) is 35.3 Å². The van der Waals surface area contributed by atoms with Crippen LogP contribution in [0.25, 0.3) is 0 Å². The molecular formula is C17H22Cl3N3O3. The average molecular weight is 423 g/mol. The highest BCUT2D eigenvalue weighted by atomic mass is 35.5. The molecule has 1 unspecified atom stereocenters. The highest BCUT2D eigenvalue weighted by Gasteiger charge is 2.27. The number of carbonyl (C=O) groups is 2.